The first-order chi connectivity index (χ1) is 14.2. The molecule has 6 rings (SSSR count). The minimum atomic E-state index is 0. The molecule has 0 nitrogen and oxygen atoms in total. The largest absolute Gasteiger partial charge is 0.107 e. The van der Waals surface area contributed by atoms with Crippen LogP contribution >= 0.6 is 0 Å². The standard InChI is InChI=1S/C8H14.C7H12.C6H12.C4H8.C4H6.3CH4.H2/c1-2-8-5-3-7(1)4-6-8;1-2-7-4-3-6(1)5-7;1-2-4-6-5-3-1;2*1-3-4-2;;;;/h7-8H,1-6H2;6-7H,1-5H2;1-6H2;3-4H,1-2H3;1-2H3;3*1H4;1H. The van der Waals surface area contributed by atoms with Gasteiger partial charge in [-0.25, -0.2) is 0 Å². The Morgan fingerprint density at radius 2 is 0.688 bits per heavy atom. The van der Waals surface area contributed by atoms with Crippen molar-refractivity contribution in [2.75, 3.05) is 0 Å². The molecule has 0 N–H and O–H groups in total. The lowest BCUT2D eigenvalue weighted by atomic mass is 9.71. The third-order valence-electron chi connectivity index (χ3n) is 7.67. The van der Waals surface area contributed by atoms with Gasteiger partial charge >= 0.3 is 0 Å². The highest BCUT2D eigenvalue weighted by molar-refractivity contribution is 4.89. The van der Waals surface area contributed by atoms with E-state index < -0.39 is 0 Å². The number of hydrogen-bond acceptors (Lipinski definition) is 0. The van der Waals surface area contributed by atoms with Crippen LogP contribution in [-0.2, 0) is 0 Å². The van der Waals surface area contributed by atoms with Crippen molar-refractivity contribution in [1.82, 2.24) is 0 Å². The quantitative estimate of drug-likeness (QED) is 0.254. The van der Waals surface area contributed by atoms with Crippen LogP contribution in [0, 0.1) is 35.5 Å². The van der Waals surface area contributed by atoms with Crippen LogP contribution in [0.3, 0.4) is 0 Å². The molecule has 0 heterocycles. The average Bonchev–Trinajstić information content (AvgIpc) is 3.49. The van der Waals surface area contributed by atoms with Gasteiger partial charge in [0.05, 0.1) is 0 Å². The second-order valence-electron chi connectivity index (χ2n) is 9.87. The predicted molar refractivity (Wildman–Crippen MR) is 154 cm³/mol. The van der Waals surface area contributed by atoms with Crippen molar-refractivity contribution in [1.29, 1.82) is 0 Å². The Labute approximate surface area is 208 Å². The summed E-state index contributed by atoms with van der Waals surface area (Å²) in [5.74, 6) is 10.0. The van der Waals surface area contributed by atoms with Crippen molar-refractivity contribution in [3.05, 3.63) is 12.2 Å². The first kappa shape index (κ1) is 35.9. The lowest BCUT2D eigenvalue weighted by molar-refractivity contribution is 0.176. The fraction of sp³-hybridized carbons (Fsp3) is 0.875. The molecule has 6 aliphatic carbocycles. The molecule has 0 radical (unpaired) electrons. The highest BCUT2D eigenvalue weighted by Gasteiger charge is 2.30. The van der Waals surface area contributed by atoms with Crippen LogP contribution in [0.4, 0.5) is 0 Å². The minimum absolute atomic E-state index is 0. The number of hydrogen-bond donors (Lipinski definition) is 0. The average molecular weight is 451 g/mol. The van der Waals surface area contributed by atoms with E-state index in [-0.39, 0.29) is 23.7 Å². The summed E-state index contributed by atoms with van der Waals surface area (Å²) in [5, 5.41) is 0. The Bertz CT molecular complexity index is 380. The van der Waals surface area contributed by atoms with E-state index in [1.54, 1.807) is 70.6 Å². The molecule has 0 saturated heterocycles. The van der Waals surface area contributed by atoms with Crippen molar-refractivity contribution >= 4 is 0 Å². The smallest absolute Gasteiger partial charge is 0 e. The van der Waals surface area contributed by atoms with Gasteiger partial charge < -0.3 is 0 Å². The molecule has 0 spiro atoms. The van der Waals surface area contributed by atoms with Gasteiger partial charge in [0.25, 0.3) is 0 Å². The van der Waals surface area contributed by atoms with Gasteiger partial charge in [-0.15, -0.1) is 11.8 Å². The zero-order chi connectivity index (χ0) is 21.2. The first-order valence-corrected chi connectivity index (χ1v) is 13.1. The first-order valence-electron chi connectivity index (χ1n) is 13.1. The molecule has 0 aromatic rings. The summed E-state index contributed by atoms with van der Waals surface area (Å²) in [7, 11) is 0. The summed E-state index contributed by atoms with van der Waals surface area (Å²) in [4.78, 5) is 0. The maximum atomic E-state index is 2.68. The van der Waals surface area contributed by atoms with Crippen molar-refractivity contribution < 1.29 is 1.43 Å². The number of fused-ring (bicyclic) bond motifs is 5. The Hall–Kier alpha value is -0.700. The molecule has 0 aromatic heterocycles. The SMILES string of the molecule is C.C.C.C1CC2CCC1C2.C1CC2CCC1CC2.C1CCCCC1.CC#CC.CC=CC.[HH]. The molecule has 194 valence electrons. The van der Waals surface area contributed by atoms with Crippen molar-refractivity contribution in [2.45, 2.75) is 159 Å². The second-order valence-corrected chi connectivity index (χ2v) is 9.87. The van der Waals surface area contributed by atoms with E-state index in [0.29, 0.717) is 0 Å². The fourth-order valence-corrected chi connectivity index (χ4v) is 5.52. The minimum Gasteiger partial charge on any atom is -0.107 e. The zero-order valence-corrected chi connectivity index (χ0v) is 20.5. The summed E-state index contributed by atoms with van der Waals surface area (Å²) in [6.45, 7) is 7.64. The van der Waals surface area contributed by atoms with Gasteiger partial charge in [-0.3, -0.25) is 0 Å². The lowest BCUT2D eigenvalue weighted by Gasteiger charge is -2.35. The van der Waals surface area contributed by atoms with Crippen LogP contribution in [0.25, 0.3) is 0 Å². The molecule has 0 atom stereocenters. The van der Waals surface area contributed by atoms with E-state index in [0.717, 1.165) is 11.8 Å². The molecule has 6 aliphatic rings. The monoisotopic (exact) mass is 451 g/mol. The molecule has 0 amide bonds. The maximum Gasteiger partial charge on any atom is 0 e. The van der Waals surface area contributed by atoms with Gasteiger partial charge in [0, 0.05) is 1.43 Å². The van der Waals surface area contributed by atoms with Crippen LogP contribution in [0.15, 0.2) is 12.2 Å². The molecule has 6 fully saturated rings. The molecule has 0 aromatic carbocycles. The Kier molecular flexibility index (Phi) is 28.0. The molecule has 0 heteroatoms. The topological polar surface area (TPSA) is 0 Å². The molecule has 6 saturated carbocycles. The van der Waals surface area contributed by atoms with E-state index >= 15 is 0 Å². The van der Waals surface area contributed by atoms with E-state index in [1.807, 2.05) is 39.8 Å². The van der Waals surface area contributed by atoms with Crippen molar-refractivity contribution in [3.63, 3.8) is 0 Å². The zero-order valence-electron chi connectivity index (χ0n) is 20.5. The molecule has 0 unspecified atom stereocenters. The van der Waals surface area contributed by atoms with Crippen LogP contribution in [-0.4, -0.2) is 0 Å². The highest BCUT2D eigenvalue weighted by Crippen LogP contribution is 2.44. The summed E-state index contributed by atoms with van der Waals surface area (Å²) >= 11 is 0. The third-order valence-corrected chi connectivity index (χ3v) is 7.67. The van der Waals surface area contributed by atoms with Crippen LogP contribution in [0.1, 0.15) is 161 Å². The van der Waals surface area contributed by atoms with Gasteiger partial charge in [-0.05, 0) is 57.8 Å². The van der Waals surface area contributed by atoms with Crippen molar-refractivity contribution in [3.8, 4) is 11.8 Å². The molecule has 32 heavy (non-hydrogen) atoms. The third kappa shape index (κ3) is 17.8. The van der Waals surface area contributed by atoms with E-state index in [1.165, 1.54) is 50.4 Å². The van der Waals surface area contributed by atoms with Crippen LogP contribution in [0.5, 0.6) is 0 Å². The Balaban J connectivity index is -0.000000159. The van der Waals surface area contributed by atoms with Crippen LogP contribution < -0.4 is 0 Å². The molecule has 4 bridgehead atoms. The van der Waals surface area contributed by atoms with Crippen LogP contribution in [0.2, 0.25) is 0 Å². The fourth-order valence-electron chi connectivity index (χ4n) is 5.52. The van der Waals surface area contributed by atoms with Gasteiger partial charge in [0.15, 0.2) is 0 Å². The lowest BCUT2D eigenvalue weighted by Crippen LogP contribution is -2.21. The van der Waals surface area contributed by atoms with Gasteiger partial charge in [0.1, 0.15) is 0 Å². The van der Waals surface area contributed by atoms with E-state index in [4.69, 9.17) is 0 Å². The second kappa shape index (κ2) is 24.9. The highest BCUT2D eigenvalue weighted by atomic mass is 14.4. The summed E-state index contributed by atoms with van der Waals surface area (Å²) < 4.78 is 0. The Morgan fingerprint density at radius 3 is 0.781 bits per heavy atom. The number of allylic oxidation sites excluding steroid dienone is 2. The normalized spacial score (nSPS) is 27.9. The van der Waals surface area contributed by atoms with E-state index in [9.17, 15) is 0 Å². The summed E-state index contributed by atoms with van der Waals surface area (Å²) in [6, 6.07) is 0. The van der Waals surface area contributed by atoms with E-state index in [2.05, 4.69) is 11.8 Å². The summed E-state index contributed by atoms with van der Waals surface area (Å²) in [5.41, 5.74) is 0. The molecule has 0 aliphatic heterocycles. The predicted octanol–water partition coefficient (Wildman–Crippen LogP) is 11.9. The van der Waals surface area contributed by atoms with Gasteiger partial charge in [-0.1, -0.05) is 137 Å². The van der Waals surface area contributed by atoms with Gasteiger partial charge in [0.2, 0.25) is 0 Å². The summed E-state index contributed by atoms with van der Waals surface area (Å²) in [6.07, 6.45) is 30.2. The Morgan fingerprint density at radius 1 is 0.469 bits per heavy atom. The maximum absolute atomic E-state index is 2.68. The molecular formula is C32H66. The van der Waals surface area contributed by atoms with Crippen molar-refractivity contribution in [2.24, 2.45) is 23.7 Å². The molecular weight excluding hydrogens is 384 g/mol. The number of rotatable bonds is 0. The van der Waals surface area contributed by atoms with Gasteiger partial charge in [-0.2, -0.15) is 0 Å².